The number of aromatic amines is 1. The molecule has 0 bridgehead atoms. The highest BCUT2D eigenvalue weighted by molar-refractivity contribution is 5.83. The summed E-state index contributed by atoms with van der Waals surface area (Å²) < 4.78 is 11.5. The van der Waals surface area contributed by atoms with Gasteiger partial charge in [-0.25, -0.2) is 0 Å². The van der Waals surface area contributed by atoms with Crippen molar-refractivity contribution in [2.24, 2.45) is 5.92 Å². The van der Waals surface area contributed by atoms with Gasteiger partial charge in [-0.15, -0.1) is 0 Å². The molecule has 1 aromatic heterocycles. The number of carbonyl (C=O) groups excluding carboxylic acids is 1. The minimum absolute atomic E-state index is 0.0401. The van der Waals surface area contributed by atoms with Crippen LogP contribution < -0.4 is 10.1 Å². The minimum atomic E-state index is 0.0401. The first-order valence-corrected chi connectivity index (χ1v) is 9.18. The lowest BCUT2D eigenvalue weighted by Crippen LogP contribution is -2.42. The molecule has 134 valence electrons. The molecule has 0 spiro atoms. The number of aromatic nitrogens is 2. The summed E-state index contributed by atoms with van der Waals surface area (Å²) in [6.45, 7) is 3.35. The number of H-pyrrole nitrogens is 1. The molecule has 0 radical (unpaired) electrons. The molecule has 1 saturated carbocycles. The van der Waals surface area contributed by atoms with Gasteiger partial charge in [-0.2, -0.15) is 5.10 Å². The molecule has 4 rings (SSSR count). The number of rotatable bonds is 4. The largest absolute Gasteiger partial charge is 0.490 e. The van der Waals surface area contributed by atoms with Gasteiger partial charge in [0.15, 0.2) is 0 Å². The van der Waals surface area contributed by atoms with E-state index < -0.39 is 0 Å². The van der Waals surface area contributed by atoms with Crippen molar-refractivity contribution in [1.29, 1.82) is 0 Å². The summed E-state index contributed by atoms with van der Waals surface area (Å²) in [5.74, 6) is 1.13. The number of benzene rings is 1. The van der Waals surface area contributed by atoms with Gasteiger partial charge in [-0.1, -0.05) is 0 Å². The van der Waals surface area contributed by atoms with Gasteiger partial charge in [0.05, 0.1) is 30.3 Å². The second kappa shape index (κ2) is 7.04. The number of aryl methyl sites for hydroxylation is 1. The third-order valence-corrected chi connectivity index (χ3v) is 5.46. The summed E-state index contributed by atoms with van der Waals surface area (Å²) in [6.07, 6.45) is 6.78. The van der Waals surface area contributed by atoms with Crippen LogP contribution in [0.5, 0.6) is 5.75 Å². The van der Waals surface area contributed by atoms with Crippen molar-refractivity contribution in [3.8, 4) is 5.75 Å². The summed E-state index contributed by atoms with van der Waals surface area (Å²) >= 11 is 0. The Morgan fingerprint density at radius 3 is 2.88 bits per heavy atom. The summed E-state index contributed by atoms with van der Waals surface area (Å²) in [7, 11) is 0. The van der Waals surface area contributed by atoms with Crippen LogP contribution in [-0.4, -0.2) is 41.5 Å². The normalized spacial score (nSPS) is 26.7. The molecule has 2 heterocycles. The number of nitrogens with zero attached hydrogens (tertiary/aromatic N) is 1. The van der Waals surface area contributed by atoms with Gasteiger partial charge in [0.25, 0.3) is 0 Å². The second-order valence-corrected chi connectivity index (χ2v) is 7.18. The lowest BCUT2D eigenvalue weighted by Gasteiger charge is -2.30. The number of fused-ring (bicyclic) bond motifs is 1. The highest BCUT2D eigenvalue weighted by Gasteiger charge is 2.28. The molecule has 2 aromatic rings. The van der Waals surface area contributed by atoms with E-state index in [0.717, 1.165) is 54.3 Å². The van der Waals surface area contributed by atoms with Gasteiger partial charge in [0.1, 0.15) is 5.75 Å². The summed E-state index contributed by atoms with van der Waals surface area (Å²) in [6, 6.07) is 4.30. The Hall–Kier alpha value is -2.08. The number of carbonyl (C=O) groups is 1. The van der Waals surface area contributed by atoms with Crippen LogP contribution in [-0.2, 0) is 9.53 Å². The molecule has 6 nitrogen and oxygen atoms in total. The van der Waals surface area contributed by atoms with Gasteiger partial charge < -0.3 is 14.8 Å². The fourth-order valence-corrected chi connectivity index (χ4v) is 3.83. The SMILES string of the molecule is Cc1c(O[C@H]2CC[C@H](NC(=O)C3CCOC3)CC2)ccc2[nH]ncc12. The Bertz CT molecular complexity index is 743. The van der Waals surface area contributed by atoms with Crippen LogP contribution in [0.3, 0.4) is 0 Å². The fourth-order valence-electron chi connectivity index (χ4n) is 3.83. The van der Waals surface area contributed by atoms with Crippen molar-refractivity contribution in [3.05, 3.63) is 23.9 Å². The molecule has 2 fully saturated rings. The van der Waals surface area contributed by atoms with Crippen LogP contribution in [0.25, 0.3) is 10.9 Å². The Labute approximate surface area is 147 Å². The molecule has 2 aliphatic rings. The highest BCUT2D eigenvalue weighted by atomic mass is 16.5. The molecule has 1 amide bonds. The van der Waals surface area contributed by atoms with Crippen molar-refractivity contribution in [3.63, 3.8) is 0 Å². The standard InChI is InChI=1S/C19H25N3O3/c1-12-16-10-20-22-17(16)6-7-18(12)25-15-4-2-14(3-5-15)21-19(23)13-8-9-24-11-13/h6-7,10,13-15H,2-5,8-9,11H2,1H3,(H,20,22)(H,21,23)/t13?,14-,15-. The predicted molar refractivity (Wildman–Crippen MR) is 94.6 cm³/mol. The first-order chi connectivity index (χ1) is 12.2. The molecule has 1 saturated heterocycles. The van der Waals surface area contributed by atoms with E-state index >= 15 is 0 Å². The van der Waals surface area contributed by atoms with E-state index in [1.807, 2.05) is 18.3 Å². The zero-order chi connectivity index (χ0) is 17.2. The maximum absolute atomic E-state index is 12.2. The highest BCUT2D eigenvalue weighted by Crippen LogP contribution is 2.30. The molecule has 1 unspecified atom stereocenters. The quantitative estimate of drug-likeness (QED) is 0.895. The van der Waals surface area contributed by atoms with E-state index in [-0.39, 0.29) is 24.0 Å². The minimum Gasteiger partial charge on any atom is -0.490 e. The molecule has 1 aliphatic heterocycles. The Morgan fingerprint density at radius 2 is 2.12 bits per heavy atom. The monoisotopic (exact) mass is 343 g/mol. The van der Waals surface area contributed by atoms with Crippen LogP contribution in [0.4, 0.5) is 0 Å². The average molecular weight is 343 g/mol. The molecular weight excluding hydrogens is 318 g/mol. The van der Waals surface area contributed by atoms with Crippen molar-refractivity contribution in [2.75, 3.05) is 13.2 Å². The van der Waals surface area contributed by atoms with Gasteiger partial charge in [0, 0.05) is 23.6 Å². The third-order valence-electron chi connectivity index (χ3n) is 5.46. The molecule has 6 heteroatoms. The zero-order valence-electron chi connectivity index (χ0n) is 14.6. The van der Waals surface area contributed by atoms with Crippen LogP contribution in [0.1, 0.15) is 37.7 Å². The van der Waals surface area contributed by atoms with E-state index in [1.54, 1.807) is 0 Å². The van der Waals surface area contributed by atoms with Gasteiger partial charge >= 0.3 is 0 Å². The van der Waals surface area contributed by atoms with Crippen LogP contribution in [0.15, 0.2) is 18.3 Å². The lowest BCUT2D eigenvalue weighted by molar-refractivity contribution is -0.126. The molecule has 1 aliphatic carbocycles. The van der Waals surface area contributed by atoms with E-state index in [0.29, 0.717) is 13.2 Å². The Balaban J connectivity index is 1.31. The van der Waals surface area contributed by atoms with E-state index in [1.165, 1.54) is 0 Å². The number of hydrogen-bond donors (Lipinski definition) is 2. The van der Waals surface area contributed by atoms with Gasteiger partial charge in [-0.3, -0.25) is 9.89 Å². The van der Waals surface area contributed by atoms with E-state index in [9.17, 15) is 4.79 Å². The number of hydrogen-bond acceptors (Lipinski definition) is 4. The van der Waals surface area contributed by atoms with Crippen molar-refractivity contribution in [1.82, 2.24) is 15.5 Å². The summed E-state index contributed by atoms with van der Waals surface area (Å²) in [5.41, 5.74) is 2.16. The van der Waals surface area contributed by atoms with Crippen molar-refractivity contribution in [2.45, 2.75) is 51.2 Å². The average Bonchev–Trinajstić information content (AvgIpc) is 3.30. The number of ether oxygens (including phenoxy) is 2. The molecule has 1 atom stereocenters. The second-order valence-electron chi connectivity index (χ2n) is 7.18. The molecular formula is C19H25N3O3. The van der Waals surface area contributed by atoms with Crippen LogP contribution in [0.2, 0.25) is 0 Å². The first kappa shape index (κ1) is 16.4. The molecule has 2 N–H and O–H groups in total. The van der Waals surface area contributed by atoms with Crippen LogP contribution >= 0.6 is 0 Å². The van der Waals surface area contributed by atoms with Crippen LogP contribution in [0, 0.1) is 12.8 Å². The Kier molecular flexibility index (Phi) is 4.61. The topological polar surface area (TPSA) is 76.2 Å². The lowest BCUT2D eigenvalue weighted by atomic mass is 9.92. The summed E-state index contributed by atoms with van der Waals surface area (Å²) in [5, 5.41) is 11.4. The Morgan fingerprint density at radius 1 is 1.28 bits per heavy atom. The maximum Gasteiger partial charge on any atom is 0.225 e. The fraction of sp³-hybridized carbons (Fsp3) is 0.579. The van der Waals surface area contributed by atoms with Gasteiger partial charge in [-0.05, 0) is 51.2 Å². The molecule has 25 heavy (non-hydrogen) atoms. The third kappa shape index (κ3) is 3.49. The van der Waals surface area contributed by atoms with Crippen molar-refractivity contribution >= 4 is 16.8 Å². The smallest absolute Gasteiger partial charge is 0.225 e. The number of nitrogens with one attached hydrogen (secondary N) is 2. The predicted octanol–water partition coefficient (Wildman–Crippen LogP) is 2.71. The van der Waals surface area contributed by atoms with Crippen molar-refractivity contribution < 1.29 is 14.3 Å². The molecule has 1 aromatic carbocycles. The van der Waals surface area contributed by atoms with Gasteiger partial charge in [0.2, 0.25) is 5.91 Å². The summed E-state index contributed by atoms with van der Waals surface area (Å²) in [4.78, 5) is 12.2. The van der Waals surface area contributed by atoms with E-state index in [4.69, 9.17) is 9.47 Å². The van der Waals surface area contributed by atoms with E-state index in [2.05, 4.69) is 22.4 Å². The zero-order valence-corrected chi connectivity index (χ0v) is 14.6. The number of amides is 1. The first-order valence-electron chi connectivity index (χ1n) is 9.18. The maximum atomic E-state index is 12.2.